The summed E-state index contributed by atoms with van der Waals surface area (Å²) in [6, 6.07) is 0. The second-order valence-corrected chi connectivity index (χ2v) is 5.93. The van der Waals surface area contributed by atoms with Crippen LogP contribution in [0, 0.1) is 11.3 Å². The van der Waals surface area contributed by atoms with Crippen molar-refractivity contribution in [2.75, 3.05) is 6.61 Å². The quantitative estimate of drug-likeness (QED) is 0.759. The summed E-state index contributed by atoms with van der Waals surface area (Å²) in [6.07, 6.45) is 7.31. The van der Waals surface area contributed by atoms with Crippen LogP contribution in [-0.4, -0.2) is 23.9 Å². The molecule has 1 saturated carbocycles. The summed E-state index contributed by atoms with van der Waals surface area (Å²) in [5, 5.41) is 9.96. The van der Waals surface area contributed by atoms with E-state index >= 15 is 0 Å². The van der Waals surface area contributed by atoms with E-state index in [9.17, 15) is 5.11 Å². The van der Waals surface area contributed by atoms with E-state index in [0.29, 0.717) is 17.4 Å². The molecule has 1 heterocycles. The van der Waals surface area contributed by atoms with Crippen molar-refractivity contribution in [3.05, 3.63) is 0 Å². The molecule has 0 spiro atoms. The predicted molar refractivity (Wildman–Crippen MR) is 60.7 cm³/mol. The summed E-state index contributed by atoms with van der Waals surface area (Å²) in [4.78, 5) is 0. The Balaban J connectivity index is 1.57. The van der Waals surface area contributed by atoms with Crippen LogP contribution in [-0.2, 0) is 4.74 Å². The van der Waals surface area contributed by atoms with Gasteiger partial charge in [0.25, 0.3) is 0 Å². The summed E-state index contributed by atoms with van der Waals surface area (Å²) in [5.74, 6) is 0.557. The molecule has 1 aliphatic carbocycles. The van der Waals surface area contributed by atoms with Gasteiger partial charge in [-0.05, 0) is 49.9 Å². The van der Waals surface area contributed by atoms with Crippen LogP contribution >= 0.6 is 0 Å². The van der Waals surface area contributed by atoms with Crippen molar-refractivity contribution in [1.82, 2.24) is 0 Å². The minimum atomic E-state index is -0.0681. The molecule has 1 N–H and O–H groups in total. The van der Waals surface area contributed by atoms with Gasteiger partial charge in [-0.1, -0.05) is 13.8 Å². The van der Waals surface area contributed by atoms with Crippen LogP contribution in [0.1, 0.15) is 52.4 Å². The molecule has 1 aliphatic heterocycles. The number of rotatable bonds is 5. The average Bonchev–Trinajstić information content (AvgIpc) is 2.65. The Bertz CT molecular complexity index is 207. The standard InChI is InChI=1S/C13H24O2/c1-13(2)9-11(13)12(14)7-3-5-10-6-4-8-15-10/h10-12,14H,3-9H2,1-2H3. The van der Waals surface area contributed by atoms with Crippen molar-refractivity contribution < 1.29 is 9.84 Å². The molecule has 0 aromatic heterocycles. The second kappa shape index (κ2) is 4.42. The van der Waals surface area contributed by atoms with Crippen molar-refractivity contribution in [2.24, 2.45) is 11.3 Å². The minimum Gasteiger partial charge on any atom is -0.393 e. The van der Waals surface area contributed by atoms with Gasteiger partial charge in [0.05, 0.1) is 12.2 Å². The maximum absolute atomic E-state index is 9.96. The third kappa shape index (κ3) is 2.94. The zero-order chi connectivity index (χ0) is 10.9. The van der Waals surface area contributed by atoms with E-state index in [-0.39, 0.29) is 6.10 Å². The number of aliphatic hydroxyl groups is 1. The lowest BCUT2D eigenvalue weighted by atomic mass is 10.00. The summed E-state index contributed by atoms with van der Waals surface area (Å²) >= 11 is 0. The zero-order valence-electron chi connectivity index (χ0n) is 10.0. The fourth-order valence-electron chi connectivity index (χ4n) is 2.79. The largest absolute Gasteiger partial charge is 0.393 e. The maximum atomic E-state index is 9.96. The first-order valence-electron chi connectivity index (χ1n) is 6.39. The third-order valence-electron chi connectivity index (χ3n) is 4.10. The maximum Gasteiger partial charge on any atom is 0.0576 e. The Morgan fingerprint density at radius 2 is 2.20 bits per heavy atom. The molecule has 0 amide bonds. The molecule has 2 rings (SSSR count). The van der Waals surface area contributed by atoms with Crippen LogP contribution in [0.4, 0.5) is 0 Å². The lowest BCUT2D eigenvalue weighted by molar-refractivity contribution is 0.0880. The zero-order valence-corrected chi connectivity index (χ0v) is 10.0. The summed E-state index contributed by atoms with van der Waals surface area (Å²) in [7, 11) is 0. The molecule has 2 fully saturated rings. The Hall–Kier alpha value is -0.0800. The van der Waals surface area contributed by atoms with Gasteiger partial charge in [-0.15, -0.1) is 0 Å². The molecule has 1 saturated heterocycles. The number of hydrogen-bond acceptors (Lipinski definition) is 2. The van der Waals surface area contributed by atoms with E-state index in [0.717, 1.165) is 25.9 Å². The molecular weight excluding hydrogens is 188 g/mol. The van der Waals surface area contributed by atoms with E-state index in [1.54, 1.807) is 0 Å². The highest BCUT2D eigenvalue weighted by atomic mass is 16.5. The van der Waals surface area contributed by atoms with Gasteiger partial charge in [0.15, 0.2) is 0 Å². The Kier molecular flexibility index (Phi) is 3.36. The molecule has 0 aromatic rings. The van der Waals surface area contributed by atoms with Gasteiger partial charge in [0, 0.05) is 6.61 Å². The van der Waals surface area contributed by atoms with Crippen LogP contribution in [0.3, 0.4) is 0 Å². The van der Waals surface area contributed by atoms with Crippen molar-refractivity contribution in [3.8, 4) is 0 Å². The topological polar surface area (TPSA) is 29.5 Å². The van der Waals surface area contributed by atoms with Crippen molar-refractivity contribution in [2.45, 2.75) is 64.6 Å². The molecule has 0 aromatic carbocycles. The molecule has 15 heavy (non-hydrogen) atoms. The summed E-state index contributed by atoms with van der Waals surface area (Å²) in [6.45, 7) is 5.45. The fraction of sp³-hybridized carbons (Fsp3) is 1.00. The average molecular weight is 212 g/mol. The van der Waals surface area contributed by atoms with Gasteiger partial charge in [-0.2, -0.15) is 0 Å². The van der Waals surface area contributed by atoms with Gasteiger partial charge < -0.3 is 9.84 Å². The Morgan fingerprint density at radius 1 is 1.47 bits per heavy atom. The first kappa shape index (κ1) is 11.4. The van der Waals surface area contributed by atoms with E-state index in [1.807, 2.05) is 0 Å². The highest BCUT2D eigenvalue weighted by molar-refractivity contribution is 4.98. The number of ether oxygens (including phenoxy) is 1. The van der Waals surface area contributed by atoms with Crippen molar-refractivity contribution >= 4 is 0 Å². The minimum absolute atomic E-state index is 0.0681. The van der Waals surface area contributed by atoms with E-state index in [4.69, 9.17) is 4.74 Å². The molecule has 3 unspecified atom stereocenters. The van der Waals surface area contributed by atoms with Gasteiger partial charge in [-0.25, -0.2) is 0 Å². The highest BCUT2D eigenvalue weighted by Crippen LogP contribution is 2.54. The smallest absolute Gasteiger partial charge is 0.0576 e. The van der Waals surface area contributed by atoms with Crippen molar-refractivity contribution in [1.29, 1.82) is 0 Å². The highest BCUT2D eigenvalue weighted by Gasteiger charge is 2.49. The molecule has 2 aliphatic rings. The summed E-state index contributed by atoms with van der Waals surface area (Å²) in [5.41, 5.74) is 0.406. The predicted octanol–water partition coefficient (Wildman–Crippen LogP) is 2.74. The molecular formula is C13H24O2. The first-order valence-corrected chi connectivity index (χ1v) is 6.39. The fourth-order valence-corrected chi connectivity index (χ4v) is 2.79. The molecule has 0 radical (unpaired) electrons. The third-order valence-corrected chi connectivity index (χ3v) is 4.10. The Morgan fingerprint density at radius 3 is 2.73 bits per heavy atom. The molecule has 88 valence electrons. The lowest BCUT2D eigenvalue weighted by Crippen LogP contribution is -2.14. The first-order chi connectivity index (χ1) is 7.09. The lowest BCUT2D eigenvalue weighted by Gasteiger charge is -2.14. The summed E-state index contributed by atoms with van der Waals surface area (Å²) < 4.78 is 5.57. The Labute approximate surface area is 93.0 Å². The van der Waals surface area contributed by atoms with E-state index in [2.05, 4.69) is 13.8 Å². The molecule has 2 heteroatoms. The van der Waals surface area contributed by atoms with Crippen LogP contribution in [0.25, 0.3) is 0 Å². The van der Waals surface area contributed by atoms with Gasteiger partial charge >= 0.3 is 0 Å². The second-order valence-electron chi connectivity index (χ2n) is 5.93. The van der Waals surface area contributed by atoms with Crippen LogP contribution < -0.4 is 0 Å². The van der Waals surface area contributed by atoms with Crippen LogP contribution in [0.5, 0.6) is 0 Å². The normalized spacial score (nSPS) is 35.4. The van der Waals surface area contributed by atoms with Gasteiger partial charge in [0.2, 0.25) is 0 Å². The number of aliphatic hydroxyl groups excluding tert-OH is 1. The van der Waals surface area contributed by atoms with Gasteiger partial charge in [-0.3, -0.25) is 0 Å². The van der Waals surface area contributed by atoms with Crippen molar-refractivity contribution in [3.63, 3.8) is 0 Å². The van der Waals surface area contributed by atoms with E-state index < -0.39 is 0 Å². The monoisotopic (exact) mass is 212 g/mol. The molecule has 2 nitrogen and oxygen atoms in total. The SMILES string of the molecule is CC1(C)CC1C(O)CCCC1CCCO1. The molecule has 0 bridgehead atoms. The molecule has 3 atom stereocenters. The van der Waals surface area contributed by atoms with Crippen LogP contribution in [0.2, 0.25) is 0 Å². The van der Waals surface area contributed by atoms with Crippen LogP contribution in [0.15, 0.2) is 0 Å². The van der Waals surface area contributed by atoms with Gasteiger partial charge in [0.1, 0.15) is 0 Å². The number of hydrogen-bond donors (Lipinski definition) is 1. The van der Waals surface area contributed by atoms with E-state index in [1.165, 1.54) is 19.3 Å².